The number of aliphatic carboxylic acids is 1. The third-order valence-electron chi connectivity index (χ3n) is 3.36. The first-order valence-corrected chi connectivity index (χ1v) is 9.65. The monoisotopic (exact) mass is 398 g/mol. The van der Waals surface area contributed by atoms with Gasteiger partial charge in [0.15, 0.2) is 6.54 Å². The van der Waals surface area contributed by atoms with Gasteiger partial charge < -0.3 is 14.3 Å². The summed E-state index contributed by atoms with van der Waals surface area (Å²) in [6, 6.07) is 0. The molecule has 0 aliphatic carbocycles. The molecule has 0 aromatic heterocycles. The number of rotatable bonds is 9. The van der Waals surface area contributed by atoms with Gasteiger partial charge in [-0.25, -0.2) is 9.59 Å². The van der Waals surface area contributed by atoms with E-state index in [-0.39, 0.29) is 12.3 Å². The van der Waals surface area contributed by atoms with Crippen molar-refractivity contribution in [3.8, 4) is 0 Å². The van der Waals surface area contributed by atoms with Crippen molar-refractivity contribution in [2.75, 3.05) is 54.1 Å². The van der Waals surface area contributed by atoms with E-state index in [4.69, 9.17) is 14.4 Å². The van der Waals surface area contributed by atoms with Crippen LogP contribution in [-0.4, -0.2) is 99.3 Å². The highest BCUT2D eigenvalue weighted by molar-refractivity contribution is 7.85. The molecule has 2 N–H and O–H groups in total. The minimum Gasteiger partial charge on any atom is -0.477 e. The number of carboxylic acids is 1. The number of carbonyl (C=O) groups is 2. The number of esters is 1. The smallest absolute Gasteiger partial charge is 0.359 e. The van der Waals surface area contributed by atoms with Crippen LogP contribution in [0, 0.1) is 0 Å². The molecule has 0 heterocycles. The van der Waals surface area contributed by atoms with Crippen LogP contribution in [0.15, 0.2) is 12.2 Å². The fraction of sp³-hybridized carbons (Fsp3) is 0.750. The van der Waals surface area contributed by atoms with Gasteiger partial charge in [-0.2, -0.15) is 8.42 Å². The number of nitrogens with zero attached hydrogens (tertiary/aromatic N) is 2. The molecule has 0 fully saturated rings. The number of carbonyl (C=O) groups excluding carboxylic acids is 1. The molecule has 0 spiro atoms. The van der Waals surface area contributed by atoms with Crippen LogP contribution in [0.3, 0.4) is 0 Å². The molecule has 0 saturated carbocycles. The molecule has 0 saturated heterocycles. The van der Waals surface area contributed by atoms with Gasteiger partial charge in [-0.05, 0) is 6.92 Å². The summed E-state index contributed by atoms with van der Waals surface area (Å²) in [5.41, 5.74) is 0.319. The Labute approximate surface area is 156 Å². The fourth-order valence-corrected chi connectivity index (χ4v) is 2.13. The predicted octanol–water partition coefficient (Wildman–Crippen LogP) is 0.583. The number of quaternary nitrogens is 2. The molecule has 154 valence electrons. The standard InChI is InChI=1S/C11H21NO5S.C5H11NO2/c1-9(2)11(13)17-10(3)12(4,5)7-6-8-18(14,15)16;1-6(2,3)4-5(7)8/h10H,1,6-8H2,2-5H3;4H2,1-3H3/p+2. The lowest BCUT2D eigenvalue weighted by Gasteiger charge is -2.34. The Hall–Kier alpha value is -1.49. The quantitative estimate of drug-likeness (QED) is 0.192. The van der Waals surface area contributed by atoms with E-state index in [1.54, 1.807) is 13.8 Å². The number of hydrogen-bond donors (Lipinski definition) is 2. The number of carboxylic acid groups (broad SMARTS) is 1. The summed E-state index contributed by atoms with van der Waals surface area (Å²) in [5, 5.41) is 8.23. The summed E-state index contributed by atoms with van der Waals surface area (Å²) < 4.78 is 35.8. The third-order valence-corrected chi connectivity index (χ3v) is 4.16. The predicted molar refractivity (Wildman–Crippen MR) is 98.9 cm³/mol. The zero-order valence-electron chi connectivity index (χ0n) is 16.9. The lowest BCUT2D eigenvalue weighted by Crippen LogP contribution is -2.50. The Bertz CT molecular complexity index is 592. The van der Waals surface area contributed by atoms with Crippen LogP contribution in [0.4, 0.5) is 0 Å². The number of likely N-dealkylation sites (N-methyl/N-ethyl adjacent to an activating group) is 1. The van der Waals surface area contributed by atoms with Crippen LogP contribution in [0.2, 0.25) is 0 Å². The van der Waals surface area contributed by atoms with E-state index in [2.05, 4.69) is 6.58 Å². The Morgan fingerprint density at radius 2 is 1.62 bits per heavy atom. The summed E-state index contributed by atoms with van der Waals surface area (Å²) in [5.74, 6) is -1.52. The molecular weight excluding hydrogens is 364 g/mol. The van der Waals surface area contributed by atoms with Crippen molar-refractivity contribution in [1.29, 1.82) is 0 Å². The molecule has 0 aromatic rings. The van der Waals surface area contributed by atoms with Gasteiger partial charge >= 0.3 is 11.9 Å². The molecule has 26 heavy (non-hydrogen) atoms. The second-order valence-corrected chi connectivity index (χ2v) is 9.34. The second-order valence-electron chi connectivity index (χ2n) is 7.77. The maximum absolute atomic E-state index is 11.4. The van der Waals surface area contributed by atoms with Crippen LogP contribution in [0.5, 0.6) is 0 Å². The largest absolute Gasteiger partial charge is 0.477 e. The molecule has 0 aromatic carbocycles. The van der Waals surface area contributed by atoms with Crippen molar-refractivity contribution >= 4 is 22.1 Å². The van der Waals surface area contributed by atoms with Gasteiger partial charge in [0.25, 0.3) is 10.1 Å². The average Bonchev–Trinajstić information content (AvgIpc) is 2.33. The SMILES string of the molecule is C=C(C)C(=O)OC(C)[N+](C)(C)CCCS(=O)(=O)O.C[N+](C)(C)CC(=O)O. The van der Waals surface area contributed by atoms with Crippen LogP contribution in [-0.2, 0) is 24.4 Å². The lowest BCUT2D eigenvalue weighted by atomic mass is 10.3. The van der Waals surface area contributed by atoms with Gasteiger partial charge in [0.1, 0.15) is 0 Å². The van der Waals surface area contributed by atoms with E-state index in [9.17, 15) is 18.0 Å². The fourth-order valence-electron chi connectivity index (χ4n) is 1.64. The highest BCUT2D eigenvalue weighted by Crippen LogP contribution is 2.11. The maximum atomic E-state index is 11.4. The maximum Gasteiger partial charge on any atom is 0.359 e. The van der Waals surface area contributed by atoms with Crippen molar-refractivity contribution in [3.05, 3.63) is 12.2 Å². The van der Waals surface area contributed by atoms with Crippen LogP contribution < -0.4 is 0 Å². The molecule has 0 bridgehead atoms. The Morgan fingerprint density at radius 3 is 1.88 bits per heavy atom. The molecule has 1 unspecified atom stereocenters. The zero-order valence-corrected chi connectivity index (χ0v) is 17.7. The normalized spacial score (nSPS) is 13.2. The number of ether oxygens (including phenoxy) is 1. The lowest BCUT2D eigenvalue weighted by molar-refractivity contribution is -0.932. The minimum atomic E-state index is -3.94. The van der Waals surface area contributed by atoms with Crippen LogP contribution in [0.25, 0.3) is 0 Å². The molecule has 9 nitrogen and oxygen atoms in total. The summed E-state index contributed by atoms with van der Waals surface area (Å²) in [7, 11) is 5.22. The molecule has 0 aliphatic heterocycles. The zero-order chi connectivity index (χ0) is 21.3. The number of hydrogen-bond acceptors (Lipinski definition) is 5. The van der Waals surface area contributed by atoms with E-state index in [1.807, 2.05) is 35.2 Å². The van der Waals surface area contributed by atoms with Gasteiger partial charge in [0, 0.05) is 18.9 Å². The van der Waals surface area contributed by atoms with Gasteiger partial charge in [-0.1, -0.05) is 6.58 Å². The van der Waals surface area contributed by atoms with E-state index < -0.39 is 28.3 Å². The first-order valence-electron chi connectivity index (χ1n) is 8.04. The molecule has 0 amide bonds. The summed E-state index contributed by atoms with van der Waals surface area (Å²) in [6.07, 6.45) is -0.128. The summed E-state index contributed by atoms with van der Waals surface area (Å²) >= 11 is 0. The van der Waals surface area contributed by atoms with Crippen LogP contribution in [0.1, 0.15) is 20.3 Å². The average molecular weight is 399 g/mol. The van der Waals surface area contributed by atoms with Crippen molar-refractivity contribution in [2.45, 2.75) is 26.5 Å². The van der Waals surface area contributed by atoms with Crippen molar-refractivity contribution < 1.29 is 41.4 Å². The van der Waals surface area contributed by atoms with Crippen molar-refractivity contribution in [2.24, 2.45) is 0 Å². The topological polar surface area (TPSA) is 118 Å². The van der Waals surface area contributed by atoms with Crippen molar-refractivity contribution in [3.63, 3.8) is 0 Å². The third kappa shape index (κ3) is 16.0. The summed E-state index contributed by atoms with van der Waals surface area (Å²) in [4.78, 5) is 21.4. The molecule has 0 aliphatic rings. The first-order chi connectivity index (χ1) is 11.4. The Kier molecular flexibility index (Phi) is 10.9. The van der Waals surface area contributed by atoms with Gasteiger partial charge in [0.05, 0.1) is 47.5 Å². The van der Waals surface area contributed by atoms with E-state index in [0.717, 1.165) is 0 Å². The van der Waals surface area contributed by atoms with Crippen LogP contribution >= 0.6 is 0 Å². The Morgan fingerprint density at radius 1 is 1.15 bits per heavy atom. The molecule has 10 heteroatoms. The summed E-state index contributed by atoms with van der Waals surface area (Å²) in [6.45, 7) is 7.43. The molecular formula is C16H34N2O7S+2. The Balaban J connectivity index is 0. The van der Waals surface area contributed by atoms with E-state index in [0.29, 0.717) is 27.5 Å². The van der Waals surface area contributed by atoms with Crippen molar-refractivity contribution in [1.82, 2.24) is 0 Å². The van der Waals surface area contributed by atoms with Gasteiger partial charge in [-0.3, -0.25) is 9.04 Å². The second kappa shape index (κ2) is 10.6. The molecule has 1 atom stereocenters. The van der Waals surface area contributed by atoms with E-state index in [1.165, 1.54) is 0 Å². The highest BCUT2D eigenvalue weighted by Gasteiger charge is 2.27. The highest BCUT2D eigenvalue weighted by atomic mass is 32.2. The molecule has 0 radical (unpaired) electrons. The van der Waals surface area contributed by atoms with Gasteiger partial charge in [0.2, 0.25) is 6.23 Å². The minimum absolute atomic E-state index is 0.181. The first kappa shape index (κ1) is 26.7. The van der Waals surface area contributed by atoms with E-state index >= 15 is 0 Å². The molecule has 0 rings (SSSR count). The van der Waals surface area contributed by atoms with Gasteiger partial charge in [-0.15, -0.1) is 0 Å².